The topological polar surface area (TPSA) is 118 Å². The molecule has 104 valence electrons. The average molecular weight is 274 g/mol. The van der Waals surface area contributed by atoms with E-state index in [9.17, 15) is 4.79 Å². The lowest BCUT2D eigenvalue weighted by Gasteiger charge is -2.08. The van der Waals surface area contributed by atoms with Gasteiger partial charge in [0.1, 0.15) is 5.82 Å². The van der Waals surface area contributed by atoms with E-state index in [0.717, 1.165) is 5.56 Å². The first-order valence-corrected chi connectivity index (χ1v) is 5.76. The number of hydrogen-bond donors (Lipinski definition) is 3. The van der Waals surface area contributed by atoms with Gasteiger partial charge in [-0.25, -0.2) is 0 Å². The number of anilines is 1. The van der Waals surface area contributed by atoms with Crippen molar-refractivity contribution in [1.82, 2.24) is 14.8 Å². The Morgan fingerprint density at radius 2 is 2.20 bits per heavy atom. The standard InChI is InChI=1S/C12H14N6O2/c1-7-3-8(5-14-4-7)12(19)16-11-9(10(13)17-20)6-15-18(11)2/h3-6,20H,1-2H3,(H2,13,17)(H,16,19). The lowest BCUT2D eigenvalue weighted by atomic mass is 10.2. The van der Waals surface area contributed by atoms with E-state index in [1.54, 1.807) is 19.3 Å². The number of nitrogens with two attached hydrogens (primary N) is 1. The van der Waals surface area contributed by atoms with E-state index >= 15 is 0 Å². The number of aryl methyl sites for hydroxylation is 2. The third-order valence-electron chi connectivity index (χ3n) is 2.69. The Morgan fingerprint density at radius 1 is 1.45 bits per heavy atom. The molecular formula is C12H14N6O2. The summed E-state index contributed by atoms with van der Waals surface area (Å²) in [5, 5.41) is 18.2. The zero-order valence-corrected chi connectivity index (χ0v) is 11.0. The van der Waals surface area contributed by atoms with E-state index in [0.29, 0.717) is 16.9 Å². The molecule has 0 aromatic carbocycles. The molecule has 1 amide bonds. The molecule has 0 saturated heterocycles. The minimum atomic E-state index is -0.350. The molecule has 0 aliphatic carbocycles. The Labute approximate surface area is 114 Å². The number of aromatic nitrogens is 3. The van der Waals surface area contributed by atoms with E-state index in [-0.39, 0.29) is 11.7 Å². The van der Waals surface area contributed by atoms with Gasteiger partial charge < -0.3 is 16.3 Å². The molecule has 2 aromatic rings. The summed E-state index contributed by atoms with van der Waals surface area (Å²) in [5.41, 5.74) is 7.15. The van der Waals surface area contributed by atoms with Gasteiger partial charge in [0.25, 0.3) is 5.91 Å². The molecule has 0 aliphatic rings. The monoisotopic (exact) mass is 274 g/mol. The third-order valence-corrected chi connectivity index (χ3v) is 2.69. The zero-order chi connectivity index (χ0) is 14.7. The van der Waals surface area contributed by atoms with Gasteiger partial charge in [-0.3, -0.25) is 14.5 Å². The highest BCUT2D eigenvalue weighted by molar-refractivity contribution is 6.08. The van der Waals surface area contributed by atoms with Gasteiger partial charge in [-0.15, -0.1) is 0 Å². The van der Waals surface area contributed by atoms with Gasteiger partial charge in [0.15, 0.2) is 5.84 Å². The molecule has 2 heterocycles. The third kappa shape index (κ3) is 2.58. The fraction of sp³-hybridized carbons (Fsp3) is 0.167. The van der Waals surface area contributed by atoms with Gasteiger partial charge in [0, 0.05) is 19.4 Å². The largest absolute Gasteiger partial charge is 0.409 e. The number of rotatable bonds is 3. The second-order valence-corrected chi connectivity index (χ2v) is 4.22. The van der Waals surface area contributed by atoms with Crippen molar-refractivity contribution in [3.05, 3.63) is 41.3 Å². The number of nitrogens with one attached hydrogen (secondary N) is 1. The molecule has 4 N–H and O–H groups in total. The summed E-state index contributed by atoms with van der Waals surface area (Å²) < 4.78 is 1.43. The number of hydrogen-bond acceptors (Lipinski definition) is 5. The van der Waals surface area contributed by atoms with Crippen LogP contribution in [-0.4, -0.2) is 31.7 Å². The number of carbonyl (C=O) groups excluding carboxylic acids is 1. The summed E-state index contributed by atoms with van der Waals surface area (Å²) in [7, 11) is 1.64. The minimum absolute atomic E-state index is 0.129. The Hall–Kier alpha value is -2.90. The summed E-state index contributed by atoms with van der Waals surface area (Å²) >= 11 is 0. The van der Waals surface area contributed by atoms with Crippen LogP contribution in [0, 0.1) is 6.92 Å². The molecule has 2 aromatic heterocycles. The van der Waals surface area contributed by atoms with Crippen molar-refractivity contribution in [2.24, 2.45) is 17.9 Å². The Kier molecular flexibility index (Phi) is 3.65. The number of nitrogens with zero attached hydrogens (tertiary/aromatic N) is 4. The summed E-state index contributed by atoms with van der Waals surface area (Å²) in [6.07, 6.45) is 4.52. The Morgan fingerprint density at radius 3 is 2.85 bits per heavy atom. The van der Waals surface area contributed by atoms with E-state index in [2.05, 4.69) is 20.6 Å². The van der Waals surface area contributed by atoms with Crippen LogP contribution in [0.2, 0.25) is 0 Å². The average Bonchev–Trinajstić information content (AvgIpc) is 2.79. The highest BCUT2D eigenvalue weighted by Crippen LogP contribution is 2.15. The molecule has 8 nitrogen and oxygen atoms in total. The maximum absolute atomic E-state index is 12.1. The van der Waals surface area contributed by atoms with Crippen LogP contribution in [0.5, 0.6) is 0 Å². The van der Waals surface area contributed by atoms with Gasteiger partial charge >= 0.3 is 0 Å². The molecular weight excluding hydrogens is 260 g/mol. The quantitative estimate of drug-likeness (QED) is 0.325. The highest BCUT2D eigenvalue weighted by Gasteiger charge is 2.16. The van der Waals surface area contributed by atoms with Crippen LogP contribution in [0.25, 0.3) is 0 Å². The SMILES string of the molecule is Cc1cncc(C(=O)Nc2c(C(N)=NO)cnn2C)c1. The fourth-order valence-corrected chi connectivity index (χ4v) is 1.69. The highest BCUT2D eigenvalue weighted by atomic mass is 16.4. The molecule has 8 heteroatoms. The number of carbonyl (C=O) groups is 1. The van der Waals surface area contributed by atoms with Gasteiger partial charge in [0.2, 0.25) is 0 Å². The van der Waals surface area contributed by atoms with E-state index in [1.165, 1.54) is 17.1 Å². The molecule has 0 fully saturated rings. The van der Waals surface area contributed by atoms with Crippen LogP contribution in [-0.2, 0) is 7.05 Å². The first-order valence-electron chi connectivity index (χ1n) is 5.76. The van der Waals surface area contributed by atoms with Crippen molar-refractivity contribution in [3.63, 3.8) is 0 Å². The molecule has 0 radical (unpaired) electrons. The first kappa shape index (κ1) is 13.5. The van der Waals surface area contributed by atoms with Gasteiger partial charge in [0.05, 0.1) is 17.3 Å². The van der Waals surface area contributed by atoms with Crippen LogP contribution in [0.4, 0.5) is 5.82 Å². The maximum Gasteiger partial charge on any atom is 0.258 e. The molecule has 0 bridgehead atoms. The van der Waals surface area contributed by atoms with Crippen LogP contribution >= 0.6 is 0 Å². The summed E-state index contributed by atoms with van der Waals surface area (Å²) in [4.78, 5) is 16.1. The van der Waals surface area contributed by atoms with E-state index in [1.807, 2.05) is 6.92 Å². The Bertz CT molecular complexity index is 676. The van der Waals surface area contributed by atoms with Gasteiger partial charge in [-0.1, -0.05) is 5.16 Å². The Balaban J connectivity index is 2.31. The molecule has 20 heavy (non-hydrogen) atoms. The number of amidine groups is 1. The van der Waals surface area contributed by atoms with E-state index in [4.69, 9.17) is 10.9 Å². The predicted molar refractivity (Wildman–Crippen MR) is 72.6 cm³/mol. The van der Waals surface area contributed by atoms with Crippen LogP contribution < -0.4 is 11.1 Å². The molecule has 0 spiro atoms. The molecule has 0 aliphatic heterocycles. The second-order valence-electron chi connectivity index (χ2n) is 4.22. The van der Waals surface area contributed by atoms with Crippen molar-refractivity contribution in [1.29, 1.82) is 0 Å². The number of oxime groups is 1. The predicted octanol–water partition coefficient (Wildman–Crippen LogP) is 0.470. The lowest BCUT2D eigenvalue weighted by molar-refractivity contribution is 0.102. The second kappa shape index (κ2) is 5.39. The minimum Gasteiger partial charge on any atom is -0.409 e. The van der Waals surface area contributed by atoms with Crippen molar-refractivity contribution in [2.75, 3.05) is 5.32 Å². The number of amides is 1. The van der Waals surface area contributed by atoms with Crippen molar-refractivity contribution >= 4 is 17.6 Å². The van der Waals surface area contributed by atoms with Crippen LogP contribution in [0.1, 0.15) is 21.5 Å². The number of pyridine rings is 1. The lowest BCUT2D eigenvalue weighted by Crippen LogP contribution is -2.20. The fourth-order valence-electron chi connectivity index (χ4n) is 1.69. The summed E-state index contributed by atoms with van der Waals surface area (Å²) in [6, 6.07) is 1.71. The molecule has 2 rings (SSSR count). The maximum atomic E-state index is 12.1. The molecule has 0 unspecified atom stereocenters. The first-order chi connectivity index (χ1) is 9.52. The van der Waals surface area contributed by atoms with Crippen molar-refractivity contribution in [3.8, 4) is 0 Å². The normalized spacial score (nSPS) is 11.4. The van der Waals surface area contributed by atoms with Crippen molar-refractivity contribution in [2.45, 2.75) is 6.92 Å². The summed E-state index contributed by atoms with van der Waals surface area (Å²) in [5.74, 6) is -0.139. The van der Waals surface area contributed by atoms with E-state index < -0.39 is 0 Å². The molecule has 0 atom stereocenters. The zero-order valence-electron chi connectivity index (χ0n) is 11.0. The van der Waals surface area contributed by atoms with Crippen LogP contribution in [0.15, 0.2) is 29.8 Å². The van der Waals surface area contributed by atoms with Crippen LogP contribution in [0.3, 0.4) is 0 Å². The van der Waals surface area contributed by atoms with Crippen molar-refractivity contribution < 1.29 is 10.0 Å². The van der Waals surface area contributed by atoms with Gasteiger partial charge in [-0.05, 0) is 18.6 Å². The van der Waals surface area contributed by atoms with Gasteiger partial charge in [-0.2, -0.15) is 5.10 Å². The summed E-state index contributed by atoms with van der Waals surface area (Å²) in [6.45, 7) is 1.84. The smallest absolute Gasteiger partial charge is 0.258 e. The molecule has 0 saturated carbocycles.